The molecule has 0 saturated heterocycles. The Balaban J connectivity index is 2.18. The predicted molar refractivity (Wildman–Crippen MR) is 61.2 cm³/mol. The average molecular weight is 228 g/mol. The minimum atomic E-state index is 0.235. The number of hydrogen-bond acceptors (Lipinski definition) is 4. The van der Waals surface area contributed by atoms with Gasteiger partial charge >= 0.3 is 0 Å². The number of aromatic hydroxyl groups is 1. The van der Waals surface area contributed by atoms with E-state index in [1.807, 2.05) is 12.1 Å². The maximum atomic E-state index is 9.30. The summed E-state index contributed by atoms with van der Waals surface area (Å²) in [6.45, 7) is 0. The van der Waals surface area contributed by atoms with Crippen LogP contribution in [0.2, 0.25) is 0 Å². The highest BCUT2D eigenvalue weighted by Gasteiger charge is 1.99. The molecule has 0 spiro atoms. The van der Waals surface area contributed by atoms with Crippen molar-refractivity contribution in [1.82, 2.24) is 4.98 Å². The molecular weight excluding hydrogens is 220 g/mol. The van der Waals surface area contributed by atoms with E-state index >= 15 is 0 Å². The molecule has 78 valence electrons. The van der Waals surface area contributed by atoms with Gasteiger partial charge in [0.15, 0.2) is 0 Å². The summed E-state index contributed by atoms with van der Waals surface area (Å²) in [6, 6.07) is 12.5. The average Bonchev–Trinajstić information content (AvgIpc) is 2.30. The lowest BCUT2D eigenvalue weighted by Crippen LogP contribution is -1.81. The molecule has 4 heteroatoms. The lowest BCUT2D eigenvalue weighted by molar-refractivity contribution is 0.474. The number of rotatable bonds is 2. The number of hydrogen-bond donors (Lipinski definition) is 1. The van der Waals surface area contributed by atoms with Crippen molar-refractivity contribution in [1.29, 1.82) is 5.26 Å². The molecule has 2 aromatic rings. The van der Waals surface area contributed by atoms with Crippen molar-refractivity contribution in [3.63, 3.8) is 0 Å². The van der Waals surface area contributed by atoms with Gasteiger partial charge in [-0.25, -0.2) is 4.98 Å². The van der Waals surface area contributed by atoms with E-state index in [4.69, 9.17) is 5.26 Å². The molecule has 0 aliphatic heterocycles. The summed E-state index contributed by atoms with van der Waals surface area (Å²) in [5, 5.41) is 18.7. The van der Waals surface area contributed by atoms with Gasteiger partial charge in [-0.2, -0.15) is 5.26 Å². The van der Waals surface area contributed by atoms with E-state index in [9.17, 15) is 5.11 Å². The van der Waals surface area contributed by atoms with Gasteiger partial charge in [0.25, 0.3) is 0 Å². The quantitative estimate of drug-likeness (QED) is 0.858. The van der Waals surface area contributed by atoms with Crippen LogP contribution in [0.15, 0.2) is 52.5 Å². The zero-order valence-electron chi connectivity index (χ0n) is 8.29. The standard InChI is InChI=1S/C12H8N2OS/c13-7-9-4-5-12(14-8-9)16-11-3-1-2-10(15)6-11/h1-6,8,15H. The van der Waals surface area contributed by atoms with E-state index in [1.54, 1.807) is 30.3 Å². The van der Waals surface area contributed by atoms with Crippen LogP contribution in [0, 0.1) is 11.3 Å². The van der Waals surface area contributed by atoms with E-state index < -0.39 is 0 Å². The van der Waals surface area contributed by atoms with Crippen LogP contribution < -0.4 is 0 Å². The van der Waals surface area contributed by atoms with Crippen LogP contribution in [0.3, 0.4) is 0 Å². The van der Waals surface area contributed by atoms with Crippen LogP contribution >= 0.6 is 11.8 Å². The van der Waals surface area contributed by atoms with Gasteiger partial charge in [0.2, 0.25) is 0 Å². The first-order valence-electron chi connectivity index (χ1n) is 4.61. The summed E-state index contributed by atoms with van der Waals surface area (Å²) in [7, 11) is 0. The Morgan fingerprint density at radius 3 is 2.75 bits per heavy atom. The number of phenolic OH excluding ortho intramolecular Hbond substituents is 1. The molecule has 0 unspecified atom stereocenters. The Morgan fingerprint density at radius 1 is 1.25 bits per heavy atom. The topological polar surface area (TPSA) is 56.9 Å². The maximum Gasteiger partial charge on any atom is 0.116 e. The van der Waals surface area contributed by atoms with Gasteiger partial charge in [0, 0.05) is 11.1 Å². The van der Waals surface area contributed by atoms with Gasteiger partial charge in [-0.15, -0.1) is 0 Å². The largest absolute Gasteiger partial charge is 0.508 e. The lowest BCUT2D eigenvalue weighted by Gasteiger charge is -2.00. The summed E-state index contributed by atoms with van der Waals surface area (Å²) < 4.78 is 0. The smallest absolute Gasteiger partial charge is 0.116 e. The molecule has 2 rings (SSSR count). The third-order valence-electron chi connectivity index (χ3n) is 1.91. The first-order valence-corrected chi connectivity index (χ1v) is 5.42. The third-order valence-corrected chi connectivity index (χ3v) is 2.85. The fraction of sp³-hybridized carbons (Fsp3) is 0. The van der Waals surface area contributed by atoms with E-state index in [2.05, 4.69) is 4.98 Å². The van der Waals surface area contributed by atoms with E-state index in [0.717, 1.165) is 9.92 Å². The molecule has 0 atom stereocenters. The lowest BCUT2D eigenvalue weighted by atomic mass is 10.3. The number of benzene rings is 1. The molecule has 0 fully saturated rings. The zero-order chi connectivity index (χ0) is 11.4. The molecule has 0 aliphatic rings. The van der Waals surface area contributed by atoms with Crippen LogP contribution in [-0.2, 0) is 0 Å². The molecule has 16 heavy (non-hydrogen) atoms. The molecule has 0 bridgehead atoms. The van der Waals surface area contributed by atoms with Crippen LogP contribution in [0.4, 0.5) is 0 Å². The van der Waals surface area contributed by atoms with Gasteiger partial charge in [-0.3, -0.25) is 0 Å². The highest BCUT2D eigenvalue weighted by molar-refractivity contribution is 7.99. The highest BCUT2D eigenvalue weighted by atomic mass is 32.2. The van der Waals surface area contributed by atoms with Crippen molar-refractivity contribution in [3.8, 4) is 11.8 Å². The summed E-state index contributed by atoms with van der Waals surface area (Å²) >= 11 is 1.44. The SMILES string of the molecule is N#Cc1ccc(Sc2cccc(O)c2)nc1. The summed E-state index contributed by atoms with van der Waals surface area (Å²) in [5.74, 6) is 0.235. The van der Waals surface area contributed by atoms with Gasteiger partial charge in [-0.05, 0) is 30.3 Å². The third kappa shape index (κ3) is 2.53. The van der Waals surface area contributed by atoms with Crippen molar-refractivity contribution < 1.29 is 5.11 Å². The number of aromatic nitrogens is 1. The van der Waals surface area contributed by atoms with Crippen molar-refractivity contribution in [2.24, 2.45) is 0 Å². The van der Waals surface area contributed by atoms with E-state index in [0.29, 0.717) is 5.56 Å². The van der Waals surface area contributed by atoms with Gasteiger partial charge in [0.1, 0.15) is 16.8 Å². The second-order valence-corrected chi connectivity index (χ2v) is 4.19. The Kier molecular flexibility index (Phi) is 3.08. The van der Waals surface area contributed by atoms with Crippen LogP contribution in [0.5, 0.6) is 5.75 Å². The molecule has 0 amide bonds. The monoisotopic (exact) mass is 228 g/mol. The van der Waals surface area contributed by atoms with Gasteiger partial charge < -0.3 is 5.11 Å². The second kappa shape index (κ2) is 4.69. The van der Waals surface area contributed by atoms with Crippen molar-refractivity contribution in [3.05, 3.63) is 48.2 Å². The van der Waals surface area contributed by atoms with E-state index in [-0.39, 0.29) is 5.75 Å². The van der Waals surface area contributed by atoms with Crippen LogP contribution in [0.1, 0.15) is 5.56 Å². The first kappa shape index (κ1) is 10.5. The van der Waals surface area contributed by atoms with Crippen molar-refractivity contribution >= 4 is 11.8 Å². The molecule has 1 heterocycles. The first-order chi connectivity index (χ1) is 7.78. The fourth-order valence-electron chi connectivity index (χ4n) is 1.17. The zero-order valence-corrected chi connectivity index (χ0v) is 9.11. The molecule has 3 nitrogen and oxygen atoms in total. The minimum absolute atomic E-state index is 0.235. The predicted octanol–water partition coefficient (Wildman–Crippen LogP) is 2.81. The number of phenols is 1. The molecule has 1 aromatic carbocycles. The van der Waals surface area contributed by atoms with Gasteiger partial charge in [-0.1, -0.05) is 17.8 Å². The summed E-state index contributed by atoms with van der Waals surface area (Å²) in [4.78, 5) is 5.05. The molecule has 0 aliphatic carbocycles. The highest BCUT2D eigenvalue weighted by Crippen LogP contribution is 2.28. The number of nitriles is 1. The van der Waals surface area contributed by atoms with Crippen LogP contribution in [-0.4, -0.2) is 10.1 Å². The van der Waals surface area contributed by atoms with Crippen LogP contribution in [0.25, 0.3) is 0 Å². The Morgan fingerprint density at radius 2 is 2.12 bits per heavy atom. The van der Waals surface area contributed by atoms with Crippen molar-refractivity contribution in [2.45, 2.75) is 9.92 Å². The normalized spacial score (nSPS) is 9.69. The van der Waals surface area contributed by atoms with Crippen molar-refractivity contribution in [2.75, 3.05) is 0 Å². The Hall–Kier alpha value is -1.99. The molecule has 0 saturated carbocycles. The Bertz CT molecular complexity index is 531. The fourth-order valence-corrected chi connectivity index (χ4v) is 1.98. The Labute approximate surface area is 97.4 Å². The van der Waals surface area contributed by atoms with Gasteiger partial charge in [0.05, 0.1) is 5.56 Å². The molecule has 0 radical (unpaired) electrons. The number of nitrogens with zero attached hydrogens (tertiary/aromatic N) is 2. The summed E-state index contributed by atoms with van der Waals surface area (Å²) in [5.41, 5.74) is 0.542. The summed E-state index contributed by atoms with van der Waals surface area (Å²) in [6.07, 6.45) is 1.53. The number of pyridine rings is 1. The minimum Gasteiger partial charge on any atom is -0.508 e. The molecule has 1 N–H and O–H groups in total. The molecular formula is C12H8N2OS. The molecule has 1 aromatic heterocycles. The maximum absolute atomic E-state index is 9.30. The van der Waals surface area contributed by atoms with E-state index in [1.165, 1.54) is 18.0 Å². The second-order valence-electron chi connectivity index (χ2n) is 3.10.